The molecule has 1 unspecified atom stereocenters. The molecule has 0 radical (unpaired) electrons. The molecule has 0 saturated carbocycles. The van der Waals surface area contributed by atoms with E-state index in [1.165, 1.54) is 6.08 Å². The first kappa shape index (κ1) is 11.2. The molecule has 0 aromatic heterocycles. The van der Waals surface area contributed by atoms with Gasteiger partial charge in [-0.2, -0.15) is 0 Å². The summed E-state index contributed by atoms with van der Waals surface area (Å²) in [6.07, 6.45) is 3.92. The van der Waals surface area contributed by atoms with Crippen molar-refractivity contribution < 1.29 is 9.90 Å². The largest absolute Gasteiger partial charge is 0.478 e. The van der Waals surface area contributed by atoms with Gasteiger partial charge in [0.05, 0.1) is 0 Å². The smallest absolute Gasteiger partial charge is 0.328 e. The monoisotopic (exact) mass is 171 g/mol. The summed E-state index contributed by atoms with van der Waals surface area (Å²) in [4.78, 5) is 12.2. The third kappa shape index (κ3) is 4.91. The van der Waals surface area contributed by atoms with Gasteiger partial charge in [0.1, 0.15) is 0 Å². The minimum Gasteiger partial charge on any atom is -0.478 e. The fourth-order valence-corrected chi connectivity index (χ4v) is 0.811. The van der Waals surface area contributed by atoms with Crippen molar-refractivity contribution in [3.05, 3.63) is 12.2 Å². The minimum absolute atomic E-state index is 0.503. The van der Waals surface area contributed by atoms with E-state index in [2.05, 4.69) is 18.7 Å². The molecule has 0 heterocycles. The molecule has 70 valence electrons. The summed E-state index contributed by atoms with van der Waals surface area (Å²) in [6.45, 7) is 4.93. The van der Waals surface area contributed by atoms with Crippen molar-refractivity contribution in [2.24, 2.45) is 0 Å². The molecule has 3 nitrogen and oxygen atoms in total. The zero-order chi connectivity index (χ0) is 9.56. The first-order chi connectivity index (χ1) is 5.57. The maximum atomic E-state index is 10.1. The van der Waals surface area contributed by atoms with Crippen LogP contribution < -0.4 is 0 Å². The SMILES string of the molecule is CCC(C)N(C)CC=CC(=O)O. The van der Waals surface area contributed by atoms with E-state index >= 15 is 0 Å². The second-order valence-corrected chi connectivity index (χ2v) is 2.94. The molecule has 0 saturated heterocycles. The van der Waals surface area contributed by atoms with Crippen molar-refractivity contribution >= 4 is 5.97 Å². The zero-order valence-electron chi connectivity index (χ0n) is 7.95. The highest BCUT2D eigenvalue weighted by molar-refractivity contribution is 5.79. The molecule has 1 N–H and O–H groups in total. The van der Waals surface area contributed by atoms with Crippen LogP contribution in [0.15, 0.2) is 12.2 Å². The normalized spacial score (nSPS) is 14.0. The molecule has 1 atom stereocenters. The second-order valence-electron chi connectivity index (χ2n) is 2.94. The van der Waals surface area contributed by atoms with E-state index in [0.717, 1.165) is 6.42 Å². The average molecular weight is 171 g/mol. The Morgan fingerprint density at radius 1 is 1.67 bits per heavy atom. The molecule has 0 aliphatic carbocycles. The lowest BCUT2D eigenvalue weighted by Gasteiger charge is -2.21. The van der Waals surface area contributed by atoms with Gasteiger partial charge in [-0.25, -0.2) is 4.79 Å². The fourth-order valence-electron chi connectivity index (χ4n) is 0.811. The van der Waals surface area contributed by atoms with Crippen LogP contribution in [0, 0.1) is 0 Å². The van der Waals surface area contributed by atoms with E-state index in [4.69, 9.17) is 5.11 Å². The number of carboxylic acids is 1. The highest BCUT2D eigenvalue weighted by atomic mass is 16.4. The van der Waals surface area contributed by atoms with Crippen LogP contribution in [-0.2, 0) is 4.79 Å². The molecule has 0 aromatic rings. The van der Waals surface area contributed by atoms with Gasteiger partial charge in [-0.05, 0) is 20.4 Å². The van der Waals surface area contributed by atoms with E-state index in [1.54, 1.807) is 6.08 Å². The minimum atomic E-state index is -0.882. The first-order valence-electron chi connectivity index (χ1n) is 4.17. The molecular weight excluding hydrogens is 154 g/mol. The van der Waals surface area contributed by atoms with E-state index in [-0.39, 0.29) is 0 Å². The number of rotatable bonds is 5. The van der Waals surface area contributed by atoms with Gasteiger partial charge in [-0.3, -0.25) is 0 Å². The van der Waals surface area contributed by atoms with Crippen molar-refractivity contribution in [1.29, 1.82) is 0 Å². The quantitative estimate of drug-likeness (QED) is 0.635. The molecule has 0 bridgehead atoms. The summed E-state index contributed by atoms with van der Waals surface area (Å²) in [5.41, 5.74) is 0. The molecule has 12 heavy (non-hydrogen) atoms. The summed E-state index contributed by atoms with van der Waals surface area (Å²) in [5, 5.41) is 8.32. The standard InChI is InChI=1S/C9H17NO2/c1-4-8(2)10(3)7-5-6-9(11)12/h5-6,8H,4,7H2,1-3H3,(H,11,12). The number of hydrogen-bond acceptors (Lipinski definition) is 2. The summed E-state index contributed by atoms with van der Waals surface area (Å²) < 4.78 is 0. The third-order valence-corrected chi connectivity index (χ3v) is 2.00. The fraction of sp³-hybridized carbons (Fsp3) is 0.667. The van der Waals surface area contributed by atoms with Gasteiger partial charge < -0.3 is 10.0 Å². The second kappa shape index (κ2) is 5.77. The zero-order valence-corrected chi connectivity index (χ0v) is 7.95. The molecule has 0 spiro atoms. The van der Waals surface area contributed by atoms with E-state index in [1.807, 2.05) is 7.05 Å². The predicted octanol–water partition coefficient (Wildman–Crippen LogP) is 1.36. The van der Waals surface area contributed by atoms with Gasteiger partial charge in [-0.15, -0.1) is 0 Å². The molecule has 0 aliphatic heterocycles. The van der Waals surface area contributed by atoms with Crippen LogP contribution in [0.5, 0.6) is 0 Å². The molecule has 0 amide bonds. The van der Waals surface area contributed by atoms with E-state index < -0.39 is 5.97 Å². The Balaban J connectivity index is 3.70. The Bertz CT molecular complexity index is 166. The summed E-state index contributed by atoms with van der Waals surface area (Å²) in [6, 6.07) is 0.503. The number of carboxylic acid groups (broad SMARTS) is 1. The van der Waals surface area contributed by atoms with Gasteiger partial charge in [0, 0.05) is 18.7 Å². The van der Waals surface area contributed by atoms with Gasteiger partial charge in [0.25, 0.3) is 0 Å². The summed E-state index contributed by atoms with van der Waals surface area (Å²) in [5.74, 6) is -0.882. The van der Waals surface area contributed by atoms with Crippen LogP contribution >= 0.6 is 0 Å². The van der Waals surface area contributed by atoms with Gasteiger partial charge in [0.15, 0.2) is 0 Å². The Morgan fingerprint density at radius 2 is 2.25 bits per heavy atom. The molecule has 0 aromatic carbocycles. The maximum Gasteiger partial charge on any atom is 0.328 e. The van der Waals surface area contributed by atoms with Gasteiger partial charge >= 0.3 is 5.97 Å². The van der Waals surface area contributed by atoms with Crippen LogP contribution in [0.25, 0.3) is 0 Å². The van der Waals surface area contributed by atoms with Crippen LogP contribution in [0.4, 0.5) is 0 Å². The lowest BCUT2D eigenvalue weighted by molar-refractivity contribution is -0.131. The number of aliphatic carboxylic acids is 1. The van der Waals surface area contributed by atoms with Crippen molar-refractivity contribution in [3.63, 3.8) is 0 Å². The van der Waals surface area contributed by atoms with Crippen molar-refractivity contribution in [2.75, 3.05) is 13.6 Å². The third-order valence-electron chi connectivity index (χ3n) is 2.00. The van der Waals surface area contributed by atoms with Crippen LogP contribution in [0.1, 0.15) is 20.3 Å². The molecule has 0 fully saturated rings. The highest BCUT2D eigenvalue weighted by Gasteiger charge is 2.03. The van der Waals surface area contributed by atoms with Crippen LogP contribution in [0.2, 0.25) is 0 Å². The molecule has 3 heteroatoms. The van der Waals surface area contributed by atoms with Gasteiger partial charge in [0.2, 0.25) is 0 Å². The lowest BCUT2D eigenvalue weighted by atomic mass is 10.2. The van der Waals surface area contributed by atoms with E-state index in [0.29, 0.717) is 12.6 Å². The highest BCUT2D eigenvalue weighted by Crippen LogP contribution is 1.98. The van der Waals surface area contributed by atoms with E-state index in [9.17, 15) is 4.79 Å². The number of likely N-dealkylation sites (N-methyl/N-ethyl adjacent to an activating group) is 1. The Kier molecular flexibility index (Phi) is 5.37. The predicted molar refractivity (Wildman–Crippen MR) is 49.2 cm³/mol. The molecule has 0 rings (SSSR count). The van der Waals surface area contributed by atoms with Crippen LogP contribution in [0.3, 0.4) is 0 Å². The maximum absolute atomic E-state index is 10.1. The number of hydrogen-bond donors (Lipinski definition) is 1. The van der Waals surface area contributed by atoms with Crippen molar-refractivity contribution in [2.45, 2.75) is 26.3 Å². The number of carbonyl (C=O) groups is 1. The average Bonchev–Trinajstić information content (AvgIpc) is 2.02. The Morgan fingerprint density at radius 3 is 2.67 bits per heavy atom. The topological polar surface area (TPSA) is 40.5 Å². The molecule has 0 aliphatic rings. The van der Waals surface area contributed by atoms with Gasteiger partial charge in [-0.1, -0.05) is 13.0 Å². The Hall–Kier alpha value is -0.830. The number of nitrogens with zero attached hydrogens (tertiary/aromatic N) is 1. The lowest BCUT2D eigenvalue weighted by Crippen LogP contribution is -2.28. The summed E-state index contributed by atoms with van der Waals surface area (Å²) >= 11 is 0. The van der Waals surface area contributed by atoms with Crippen LogP contribution in [-0.4, -0.2) is 35.6 Å². The van der Waals surface area contributed by atoms with Crippen molar-refractivity contribution in [1.82, 2.24) is 4.90 Å². The Labute approximate surface area is 73.7 Å². The summed E-state index contributed by atoms with van der Waals surface area (Å²) in [7, 11) is 1.99. The van der Waals surface area contributed by atoms with Crippen molar-refractivity contribution in [3.8, 4) is 0 Å². The molecular formula is C9H17NO2. The first-order valence-corrected chi connectivity index (χ1v) is 4.17.